The van der Waals surface area contributed by atoms with Gasteiger partial charge in [0.15, 0.2) is 5.82 Å². The molecule has 5 nitrogen and oxygen atoms in total. The fraction of sp³-hybridized carbons (Fsp3) is 0. The van der Waals surface area contributed by atoms with Crippen LogP contribution in [0, 0.1) is 0 Å². The monoisotopic (exact) mass is 715 g/mol. The van der Waals surface area contributed by atoms with Gasteiger partial charge in [-0.2, -0.15) is 0 Å². The largest absolute Gasteiger partial charge is 0.265 e. The van der Waals surface area contributed by atoms with E-state index in [1.54, 1.807) is 0 Å². The Kier molecular flexibility index (Phi) is 8.43. The highest BCUT2D eigenvalue weighted by Crippen LogP contribution is 2.34. The number of hydrogen-bond donors (Lipinski definition) is 0. The van der Waals surface area contributed by atoms with E-state index in [9.17, 15) is 0 Å². The molecule has 0 radical (unpaired) electrons. The van der Waals surface area contributed by atoms with Gasteiger partial charge in [-0.15, -0.1) is 0 Å². The summed E-state index contributed by atoms with van der Waals surface area (Å²) in [4.78, 5) is 24.5. The smallest absolute Gasteiger partial charge is 0.160 e. The van der Waals surface area contributed by atoms with Crippen LogP contribution in [0.2, 0.25) is 0 Å². The van der Waals surface area contributed by atoms with Crippen LogP contribution >= 0.6 is 0 Å². The van der Waals surface area contributed by atoms with Crippen molar-refractivity contribution in [3.8, 4) is 78.8 Å². The number of para-hydroxylation sites is 1. The first-order chi connectivity index (χ1) is 27.7. The lowest BCUT2D eigenvalue weighted by Gasteiger charge is -2.12. The molecule has 0 spiro atoms. The lowest BCUT2D eigenvalue weighted by atomic mass is 9.98. The predicted octanol–water partition coefficient (Wildman–Crippen LogP) is 12.6. The molecule has 0 aliphatic heterocycles. The number of pyridine rings is 3. The van der Waals surface area contributed by atoms with Crippen LogP contribution in [0.25, 0.3) is 100 Å². The average molecular weight is 716 g/mol. The van der Waals surface area contributed by atoms with Crippen molar-refractivity contribution in [1.82, 2.24) is 24.9 Å². The van der Waals surface area contributed by atoms with E-state index in [1.807, 2.05) is 54.9 Å². The van der Waals surface area contributed by atoms with Crippen LogP contribution < -0.4 is 0 Å². The molecule has 5 heteroatoms. The van der Waals surface area contributed by atoms with Crippen molar-refractivity contribution >= 4 is 21.7 Å². The summed E-state index contributed by atoms with van der Waals surface area (Å²) < 4.78 is 0. The van der Waals surface area contributed by atoms with E-state index in [0.717, 1.165) is 89.3 Å². The standard InChI is InChI=1S/C51H33N5/c1-2-10-39(11-3-1)51-55-48(38-26-20-34(21-27-38)36-28-30-52-31-29-36)33-49(56-51)41-13-8-12-40(32-41)35-22-24-37(25-23-35)45-18-9-19-47(53-45)50-44-16-5-4-14-42(44)43-15-6-7-17-46(43)54-50/h1-33H. The summed E-state index contributed by atoms with van der Waals surface area (Å²) in [5.74, 6) is 0.688. The third-order valence-corrected chi connectivity index (χ3v) is 10.2. The van der Waals surface area contributed by atoms with Crippen molar-refractivity contribution in [3.05, 3.63) is 200 Å². The zero-order valence-electron chi connectivity index (χ0n) is 30.3. The summed E-state index contributed by atoms with van der Waals surface area (Å²) in [5.41, 5.74) is 13.9. The van der Waals surface area contributed by atoms with E-state index in [4.69, 9.17) is 19.9 Å². The second-order valence-corrected chi connectivity index (χ2v) is 13.7. The minimum Gasteiger partial charge on any atom is -0.265 e. The highest BCUT2D eigenvalue weighted by Gasteiger charge is 2.14. The molecule has 6 aromatic carbocycles. The highest BCUT2D eigenvalue weighted by molar-refractivity contribution is 6.10. The molecule has 56 heavy (non-hydrogen) atoms. The van der Waals surface area contributed by atoms with Gasteiger partial charge in [0.25, 0.3) is 0 Å². The number of fused-ring (bicyclic) bond motifs is 3. The third kappa shape index (κ3) is 6.37. The lowest BCUT2D eigenvalue weighted by molar-refractivity contribution is 1.18. The first-order valence-electron chi connectivity index (χ1n) is 18.7. The van der Waals surface area contributed by atoms with Crippen molar-refractivity contribution < 1.29 is 0 Å². The molecule has 0 saturated heterocycles. The van der Waals surface area contributed by atoms with Gasteiger partial charge in [-0.3, -0.25) is 4.98 Å². The molecule has 10 rings (SSSR count). The second kappa shape index (κ2) is 14.3. The van der Waals surface area contributed by atoms with Crippen LogP contribution in [0.1, 0.15) is 0 Å². The molecule has 0 N–H and O–H groups in total. The lowest BCUT2D eigenvalue weighted by Crippen LogP contribution is -1.96. The zero-order valence-corrected chi connectivity index (χ0v) is 30.3. The van der Waals surface area contributed by atoms with Crippen molar-refractivity contribution in [3.63, 3.8) is 0 Å². The van der Waals surface area contributed by atoms with Crippen molar-refractivity contribution in [2.45, 2.75) is 0 Å². The molecule has 0 fully saturated rings. The third-order valence-electron chi connectivity index (χ3n) is 10.2. The van der Waals surface area contributed by atoms with E-state index in [-0.39, 0.29) is 0 Å². The van der Waals surface area contributed by atoms with Gasteiger partial charge >= 0.3 is 0 Å². The normalized spacial score (nSPS) is 11.2. The quantitative estimate of drug-likeness (QED) is 0.154. The fourth-order valence-electron chi connectivity index (χ4n) is 7.36. The van der Waals surface area contributed by atoms with Crippen molar-refractivity contribution in [2.75, 3.05) is 0 Å². The fourth-order valence-corrected chi connectivity index (χ4v) is 7.36. The summed E-state index contributed by atoms with van der Waals surface area (Å²) in [6.45, 7) is 0. The van der Waals surface area contributed by atoms with E-state index in [2.05, 4.69) is 151 Å². The van der Waals surface area contributed by atoms with E-state index in [0.29, 0.717) is 5.82 Å². The van der Waals surface area contributed by atoms with E-state index in [1.165, 1.54) is 5.39 Å². The van der Waals surface area contributed by atoms with Gasteiger partial charge < -0.3 is 0 Å². The summed E-state index contributed by atoms with van der Waals surface area (Å²) in [7, 11) is 0. The first kappa shape index (κ1) is 33.0. The predicted molar refractivity (Wildman–Crippen MR) is 228 cm³/mol. The highest BCUT2D eigenvalue weighted by atomic mass is 14.9. The Morgan fingerprint density at radius 1 is 0.268 bits per heavy atom. The molecule has 0 atom stereocenters. The maximum absolute atomic E-state index is 5.13. The van der Waals surface area contributed by atoms with Gasteiger partial charge in [0.2, 0.25) is 0 Å². The van der Waals surface area contributed by atoms with Gasteiger partial charge in [-0.25, -0.2) is 19.9 Å². The van der Waals surface area contributed by atoms with Crippen LogP contribution in [-0.2, 0) is 0 Å². The Balaban J connectivity index is 0.977. The zero-order chi connectivity index (χ0) is 37.3. The maximum atomic E-state index is 5.13. The van der Waals surface area contributed by atoms with E-state index < -0.39 is 0 Å². The second-order valence-electron chi connectivity index (χ2n) is 13.7. The van der Waals surface area contributed by atoms with Crippen LogP contribution in [-0.4, -0.2) is 24.9 Å². The van der Waals surface area contributed by atoms with Crippen molar-refractivity contribution in [2.24, 2.45) is 0 Å². The number of nitrogens with zero attached hydrogens (tertiary/aromatic N) is 5. The van der Waals surface area contributed by atoms with E-state index >= 15 is 0 Å². The molecule has 4 aromatic heterocycles. The number of benzene rings is 6. The topological polar surface area (TPSA) is 64.5 Å². The number of aromatic nitrogens is 5. The molecule has 0 saturated carbocycles. The molecule has 0 bridgehead atoms. The molecule has 0 unspecified atom stereocenters. The Bertz CT molecular complexity index is 3000. The SMILES string of the molecule is c1ccc(-c2nc(-c3ccc(-c4ccncc4)cc3)cc(-c3cccc(-c4ccc(-c5cccc(-c6nc7ccccc7c7ccccc67)n5)cc4)c3)n2)cc1. The van der Waals surface area contributed by atoms with Gasteiger partial charge in [0.1, 0.15) is 0 Å². The molecule has 4 heterocycles. The molecule has 10 aromatic rings. The molecule has 0 amide bonds. The van der Waals surface area contributed by atoms with Crippen LogP contribution in [0.3, 0.4) is 0 Å². The molecule has 262 valence electrons. The molecular weight excluding hydrogens is 683 g/mol. The summed E-state index contributed by atoms with van der Waals surface area (Å²) in [5, 5.41) is 3.42. The van der Waals surface area contributed by atoms with Gasteiger partial charge in [0, 0.05) is 45.4 Å². The minimum atomic E-state index is 0.688. The molecule has 0 aliphatic rings. The Labute approximate surface area is 324 Å². The molecular formula is C51H33N5. The number of hydrogen-bond acceptors (Lipinski definition) is 5. The summed E-state index contributed by atoms with van der Waals surface area (Å²) in [6, 6.07) is 64.9. The van der Waals surface area contributed by atoms with Crippen molar-refractivity contribution in [1.29, 1.82) is 0 Å². The summed E-state index contributed by atoms with van der Waals surface area (Å²) in [6.07, 6.45) is 3.63. The number of rotatable bonds is 7. The van der Waals surface area contributed by atoms with Crippen LogP contribution in [0.5, 0.6) is 0 Å². The first-order valence-corrected chi connectivity index (χ1v) is 18.7. The Hall–Kier alpha value is -7.63. The minimum absolute atomic E-state index is 0.688. The van der Waals surface area contributed by atoms with Gasteiger partial charge in [-0.1, -0.05) is 146 Å². The Morgan fingerprint density at radius 2 is 0.804 bits per heavy atom. The van der Waals surface area contributed by atoms with Gasteiger partial charge in [-0.05, 0) is 70.1 Å². The Morgan fingerprint density at radius 3 is 1.57 bits per heavy atom. The molecule has 0 aliphatic carbocycles. The van der Waals surface area contributed by atoms with Crippen LogP contribution in [0.15, 0.2) is 200 Å². The maximum Gasteiger partial charge on any atom is 0.160 e. The van der Waals surface area contributed by atoms with Crippen LogP contribution in [0.4, 0.5) is 0 Å². The van der Waals surface area contributed by atoms with Gasteiger partial charge in [0.05, 0.1) is 34.0 Å². The summed E-state index contributed by atoms with van der Waals surface area (Å²) >= 11 is 0. The average Bonchev–Trinajstić information content (AvgIpc) is 3.29.